The second kappa shape index (κ2) is 17.4. The van der Waals surface area contributed by atoms with Crippen LogP contribution in [0.15, 0.2) is 72.8 Å². The van der Waals surface area contributed by atoms with Crippen LogP contribution in [0.5, 0.6) is 0 Å². The second-order valence-electron chi connectivity index (χ2n) is 12.1. The second-order valence-corrected chi connectivity index (χ2v) is 12.1. The molecule has 4 atom stereocenters. The fraction of sp³-hybridized carbons (Fsp3) is 0.314. The third kappa shape index (κ3) is 10.6. The summed E-state index contributed by atoms with van der Waals surface area (Å²) >= 11 is 0. The molecule has 0 aliphatic carbocycles. The first-order valence-corrected chi connectivity index (χ1v) is 16.2. The summed E-state index contributed by atoms with van der Waals surface area (Å²) in [6.07, 6.45) is 0.944. The molecule has 5 rings (SSSR count). The highest BCUT2D eigenvalue weighted by atomic mass is 16.6. The van der Waals surface area contributed by atoms with Crippen LogP contribution in [0.3, 0.4) is 0 Å². The van der Waals surface area contributed by atoms with E-state index in [1.54, 1.807) is 24.3 Å². The van der Waals surface area contributed by atoms with Gasteiger partial charge in [-0.05, 0) is 61.6 Å². The Labute approximate surface area is 292 Å². The minimum Gasteiger partial charge on any atom is -0.478 e. The maximum atomic E-state index is 13.7. The molecule has 0 saturated carbocycles. The lowest BCUT2D eigenvalue weighted by Crippen LogP contribution is -2.55. The minimum absolute atomic E-state index is 0.00513. The number of nitro groups is 1. The van der Waals surface area contributed by atoms with Crippen LogP contribution in [-0.2, 0) is 32.0 Å². The monoisotopic (exact) mass is 701 g/mol. The summed E-state index contributed by atoms with van der Waals surface area (Å²) in [6, 6.07) is 13.6. The largest absolute Gasteiger partial charge is 0.478 e. The van der Waals surface area contributed by atoms with Crippen molar-refractivity contribution >= 4 is 46.9 Å². The van der Waals surface area contributed by atoms with Crippen LogP contribution in [0.1, 0.15) is 58.0 Å². The molecule has 2 bridgehead atoms. The Hall–Kier alpha value is -6.32. The first-order chi connectivity index (χ1) is 24.3. The maximum Gasteiger partial charge on any atom is 0.335 e. The van der Waals surface area contributed by atoms with E-state index in [9.17, 15) is 44.0 Å². The van der Waals surface area contributed by atoms with Crippen LogP contribution in [0.25, 0.3) is 0 Å². The lowest BCUT2D eigenvalue weighted by Gasteiger charge is -2.24. The van der Waals surface area contributed by atoms with Gasteiger partial charge in [-0.3, -0.25) is 34.1 Å². The third-order valence-corrected chi connectivity index (χ3v) is 8.28. The molecule has 2 aliphatic heterocycles. The molecule has 0 aromatic heterocycles. The first kappa shape index (κ1) is 37.5. The molecule has 0 spiro atoms. The third-order valence-electron chi connectivity index (χ3n) is 8.28. The van der Waals surface area contributed by atoms with Crippen molar-refractivity contribution in [3.05, 3.63) is 105 Å². The Kier molecular flexibility index (Phi) is 12.8. The van der Waals surface area contributed by atoms with Crippen LogP contribution in [0, 0.1) is 10.1 Å². The number of aromatic carboxylic acids is 1. The van der Waals surface area contributed by atoms with Gasteiger partial charge in [0, 0.05) is 31.0 Å². The maximum absolute atomic E-state index is 13.7. The summed E-state index contributed by atoms with van der Waals surface area (Å²) in [4.78, 5) is 88.5. The predicted octanol–water partition coefficient (Wildman–Crippen LogP) is 1.43. The van der Waals surface area contributed by atoms with Crippen LogP contribution >= 0.6 is 0 Å². The molecular formula is C35H39N7O9. The number of hydrogen-bond acceptors (Lipinski definition) is 9. The molecule has 2 heterocycles. The smallest absolute Gasteiger partial charge is 0.335 e. The van der Waals surface area contributed by atoms with Crippen molar-refractivity contribution in [1.29, 1.82) is 0 Å². The Balaban J connectivity index is 1.69. The highest BCUT2D eigenvalue weighted by Crippen LogP contribution is 2.27. The minimum atomic E-state index is -1.24. The van der Waals surface area contributed by atoms with Crippen molar-refractivity contribution in [1.82, 2.24) is 21.3 Å². The number of carboxylic acids is 1. The summed E-state index contributed by atoms with van der Waals surface area (Å²) in [7, 11) is 0. The van der Waals surface area contributed by atoms with Crippen molar-refractivity contribution in [2.45, 2.75) is 63.2 Å². The van der Waals surface area contributed by atoms with Gasteiger partial charge in [-0.25, -0.2) is 4.79 Å². The number of nitrogens with two attached hydrogens (primary N) is 1. The van der Waals surface area contributed by atoms with E-state index in [4.69, 9.17) is 5.73 Å². The molecule has 51 heavy (non-hydrogen) atoms. The van der Waals surface area contributed by atoms with E-state index in [0.29, 0.717) is 18.4 Å². The van der Waals surface area contributed by atoms with Crippen molar-refractivity contribution < 1.29 is 38.8 Å². The van der Waals surface area contributed by atoms with Gasteiger partial charge >= 0.3 is 5.97 Å². The molecule has 0 radical (unpaired) electrons. The lowest BCUT2D eigenvalue weighted by molar-refractivity contribution is -0.384. The molecule has 16 heteroatoms. The van der Waals surface area contributed by atoms with E-state index < -0.39 is 70.3 Å². The fourth-order valence-electron chi connectivity index (χ4n) is 5.43. The van der Waals surface area contributed by atoms with Gasteiger partial charge < -0.3 is 37.4 Å². The van der Waals surface area contributed by atoms with E-state index in [-0.39, 0.29) is 42.6 Å². The van der Waals surface area contributed by atoms with Gasteiger partial charge in [0.25, 0.3) is 11.6 Å². The van der Waals surface area contributed by atoms with Gasteiger partial charge in [0.1, 0.15) is 29.9 Å². The zero-order valence-electron chi connectivity index (χ0n) is 27.7. The van der Waals surface area contributed by atoms with E-state index in [0.717, 1.165) is 11.6 Å². The number of hydrogen-bond donors (Lipinski definition) is 7. The molecular weight excluding hydrogens is 662 g/mol. The molecule has 5 amide bonds. The normalized spacial score (nSPS) is 20.7. The number of carbonyl (C=O) groups is 6. The number of primary amides is 1. The average molecular weight is 702 g/mol. The molecule has 3 aromatic rings. The van der Waals surface area contributed by atoms with Crippen LogP contribution in [0.4, 0.5) is 11.4 Å². The van der Waals surface area contributed by atoms with E-state index >= 15 is 0 Å². The van der Waals surface area contributed by atoms with E-state index in [1.165, 1.54) is 43.3 Å². The molecule has 0 unspecified atom stereocenters. The molecule has 0 fully saturated rings. The zero-order chi connectivity index (χ0) is 37.1. The van der Waals surface area contributed by atoms with Gasteiger partial charge in [-0.15, -0.1) is 0 Å². The lowest BCUT2D eigenvalue weighted by atomic mass is 10.0. The Bertz CT molecular complexity index is 1780. The molecule has 16 nitrogen and oxygen atoms in total. The summed E-state index contributed by atoms with van der Waals surface area (Å²) < 4.78 is 0. The van der Waals surface area contributed by atoms with Crippen LogP contribution < -0.4 is 32.3 Å². The van der Waals surface area contributed by atoms with Crippen LogP contribution in [-0.4, -0.2) is 76.2 Å². The Morgan fingerprint density at radius 3 is 2.10 bits per heavy atom. The number of carbonyl (C=O) groups excluding carboxylic acids is 5. The molecule has 2 aliphatic rings. The number of nitro benzene ring substituents is 1. The van der Waals surface area contributed by atoms with Gasteiger partial charge in [-0.2, -0.15) is 0 Å². The first-order valence-electron chi connectivity index (χ1n) is 16.2. The van der Waals surface area contributed by atoms with Gasteiger partial charge in [-0.1, -0.05) is 42.5 Å². The highest BCUT2D eigenvalue weighted by molar-refractivity contribution is 5.99. The predicted molar refractivity (Wildman–Crippen MR) is 185 cm³/mol. The number of nitrogens with zero attached hydrogens (tertiary/aromatic N) is 1. The number of anilines is 1. The molecule has 3 aromatic carbocycles. The summed E-state index contributed by atoms with van der Waals surface area (Å²) in [5.74, 6) is -4.65. The van der Waals surface area contributed by atoms with Crippen molar-refractivity contribution in [2.75, 3.05) is 11.9 Å². The standard InChI is InChI=1S/C35H39N7O9/c1-20-31(44)41-27(17-21-7-3-2-4-8-21)33(46)37-16-6-5-9-26(30(36)43)40-32(45)24-14-15-25(29(19-24)42(50)51)39-28(34(47)38-20)18-22-10-12-23(13-11-22)35(48)49/h2-4,7-8,10-15,19-20,26-28,39H,5-6,9,16-18H2,1H3,(H2,36,43)(H,37,46)(H,38,47)(H,40,45)(H,41,44)(H,48,49)/t20-,26-,27-,28+/m0/s1. The molecule has 268 valence electrons. The van der Waals surface area contributed by atoms with Gasteiger partial charge in [0.05, 0.1) is 10.5 Å². The summed E-state index contributed by atoms with van der Waals surface area (Å²) in [5, 5.41) is 34.9. The zero-order valence-corrected chi connectivity index (χ0v) is 27.7. The quantitative estimate of drug-likeness (QED) is 0.106. The van der Waals surface area contributed by atoms with Crippen molar-refractivity contribution in [3.63, 3.8) is 0 Å². The molecule has 8 N–H and O–H groups in total. The Morgan fingerprint density at radius 1 is 0.824 bits per heavy atom. The van der Waals surface area contributed by atoms with E-state index in [2.05, 4.69) is 26.6 Å². The fourth-order valence-corrected chi connectivity index (χ4v) is 5.43. The highest BCUT2D eigenvalue weighted by Gasteiger charge is 2.29. The summed E-state index contributed by atoms with van der Waals surface area (Å²) in [5.41, 5.74) is 5.96. The number of carboxylic acid groups (broad SMARTS) is 1. The SMILES string of the molecule is C[C@@H]1NC(=O)[C@@H](Cc2ccc(C(=O)O)cc2)Nc2ccc(cc2[N+](=O)[O-])C(=O)N[C@H](C(N)=O)CCCCNC(=O)[C@H](Cc2ccccc2)NC1=O. The number of amides is 5. The van der Waals surface area contributed by atoms with Crippen LogP contribution in [0.2, 0.25) is 0 Å². The van der Waals surface area contributed by atoms with Gasteiger partial charge in [0.2, 0.25) is 23.6 Å². The number of benzene rings is 3. The van der Waals surface area contributed by atoms with Crippen molar-refractivity contribution in [2.24, 2.45) is 5.73 Å². The van der Waals surface area contributed by atoms with Crippen molar-refractivity contribution in [3.8, 4) is 0 Å². The van der Waals surface area contributed by atoms with Gasteiger partial charge in [0.15, 0.2) is 0 Å². The molecule has 0 saturated heterocycles. The van der Waals surface area contributed by atoms with E-state index in [1.807, 2.05) is 6.07 Å². The summed E-state index contributed by atoms with van der Waals surface area (Å²) in [6.45, 7) is 1.60. The average Bonchev–Trinajstić information content (AvgIpc) is 3.10. The topological polar surface area (TPSA) is 252 Å². The number of fused-ring (bicyclic) bond motifs is 18. The Morgan fingerprint density at radius 2 is 1.47 bits per heavy atom. The number of nitrogens with one attached hydrogen (secondary N) is 5. The number of rotatable bonds is 7.